The number of fused-ring (bicyclic) bond motifs is 1. The monoisotopic (exact) mass is 320 g/mol. The van der Waals surface area contributed by atoms with Crippen LogP contribution in [0.5, 0.6) is 11.5 Å². The van der Waals surface area contributed by atoms with Gasteiger partial charge in [0.1, 0.15) is 6.61 Å². The Morgan fingerprint density at radius 3 is 2.83 bits per heavy atom. The van der Waals surface area contributed by atoms with Crippen molar-refractivity contribution in [2.45, 2.75) is 19.4 Å². The van der Waals surface area contributed by atoms with Crippen LogP contribution in [0.3, 0.4) is 0 Å². The number of benzene rings is 1. The van der Waals surface area contributed by atoms with Crippen molar-refractivity contribution in [3.63, 3.8) is 0 Å². The molecule has 0 spiro atoms. The van der Waals surface area contributed by atoms with Crippen LogP contribution in [0.25, 0.3) is 0 Å². The Morgan fingerprint density at radius 2 is 2.13 bits per heavy atom. The van der Waals surface area contributed by atoms with Crippen molar-refractivity contribution in [1.82, 2.24) is 10.2 Å². The molecule has 124 valence electrons. The summed E-state index contributed by atoms with van der Waals surface area (Å²) in [7, 11) is 0. The number of hydrogen-bond acceptors (Lipinski definition) is 4. The molecule has 0 radical (unpaired) electrons. The first-order valence-corrected chi connectivity index (χ1v) is 7.63. The second kappa shape index (κ2) is 5.98. The number of hydrogen-bond donors (Lipinski definition) is 2. The predicted molar refractivity (Wildman–Crippen MR) is 81.7 cm³/mol. The first kappa shape index (κ1) is 15.5. The van der Waals surface area contributed by atoms with E-state index in [1.807, 2.05) is 24.3 Å². The predicted octanol–water partition coefficient (Wildman–Crippen LogP) is 1.33. The fourth-order valence-electron chi connectivity index (χ4n) is 2.79. The molecule has 2 unspecified atom stereocenters. The summed E-state index contributed by atoms with van der Waals surface area (Å²) in [5.74, 6) is 0.498. The Bertz CT molecular complexity index is 620. The van der Waals surface area contributed by atoms with E-state index in [0.29, 0.717) is 37.6 Å². The molecular formula is C16H20N2O5. The van der Waals surface area contributed by atoms with Crippen LogP contribution in [-0.2, 0) is 4.79 Å². The van der Waals surface area contributed by atoms with Crippen LogP contribution in [0.15, 0.2) is 24.3 Å². The van der Waals surface area contributed by atoms with Gasteiger partial charge in [-0.05, 0) is 25.5 Å². The Labute approximate surface area is 134 Å². The standard InChI is InChI=1S/C16H20N2O5/c1-16(14(19)20)6-7-18(10-16)15(21)17-8-11-9-22-12-4-2-3-5-13(12)23-11/h2-5,11H,6-10H2,1H3,(H,17,21)(H,19,20). The van der Waals surface area contributed by atoms with Gasteiger partial charge in [-0.3, -0.25) is 4.79 Å². The summed E-state index contributed by atoms with van der Waals surface area (Å²) in [6, 6.07) is 7.12. The summed E-state index contributed by atoms with van der Waals surface area (Å²) < 4.78 is 11.4. The average molecular weight is 320 g/mol. The van der Waals surface area contributed by atoms with Gasteiger partial charge in [0.2, 0.25) is 0 Å². The molecule has 0 aromatic heterocycles. The van der Waals surface area contributed by atoms with Gasteiger partial charge < -0.3 is 24.8 Å². The minimum atomic E-state index is -0.867. The lowest BCUT2D eigenvalue weighted by Gasteiger charge is -2.27. The summed E-state index contributed by atoms with van der Waals surface area (Å²) in [5, 5.41) is 12.0. The molecule has 0 bridgehead atoms. The molecule has 1 fully saturated rings. The zero-order valence-electron chi connectivity index (χ0n) is 12.9. The fraction of sp³-hybridized carbons (Fsp3) is 0.500. The van der Waals surface area contributed by atoms with E-state index in [1.165, 1.54) is 4.90 Å². The molecule has 7 heteroatoms. The fourth-order valence-corrected chi connectivity index (χ4v) is 2.79. The van der Waals surface area contributed by atoms with Crippen molar-refractivity contribution in [3.05, 3.63) is 24.3 Å². The second-order valence-corrected chi connectivity index (χ2v) is 6.22. The maximum Gasteiger partial charge on any atom is 0.317 e. The van der Waals surface area contributed by atoms with Gasteiger partial charge in [-0.1, -0.05) is 12.1 Å². The lowest BCUT2D eigenvalue weighted by Crippen LogP contribution is -2.46. The van der Waals surface area contributed by atoms with Gasteiger partial charge in [0.05, 0.1) is 12.0 Å². The van der Waals surface area contributed by atoms with Crippen LogP contribution in [0.4, 0.5) is 4.79 Å². The number of amides is 2. The molecule has 0 saturated carbocycles. The molecule has 3 rings (SSSR count). The van der Waals surface area contributed by atoms with Crippen molar-refractivity contribution in [3.8, 4) is 11.5 Å². The van der Waals surface area contributed by atoms with E-state index in [-0.39, 0.29) is 18.7 Å². The Balaban J connectivity index is 1.50. The zero-order valence-corrected chi connectivity index (χ0v) is 12.9. The van der Waals surface area contributed by atoms with Crippen LogP contribution in [-0.4, -0.2) is 54.4 Å². The molecule has 1 aromatic rings. The normalized spacial score (nSPS) is 26.0. The first-order chi connectivity index (χ1) is 11.0. The number of para-hydroxylation sites is 2. The number of aliphatic carboxylic acids is 1. The van der Waals surface area contributed by atoms with Crippen LogP contribution in [0.1, 0.15) is 13.3 Å². The molecule has 2 aliphatic heterocycles. The zero-order chi connectivity index (χ0) is 16.4. The van der Waals surface area contributed by atoms with Crippen LogP contribution < -0.4 is 14.8 Å². The Morgan fingerprint density at radius 1 is 1.39 bits per heavy atom. The van der Waals surface area contributed by atoms with E-state index in [0.717, 1.165) is 0 Å². The molecule has 0 aliphatic carbocycles. The Kier molecular flexibility index (Phi) is 4.02. The third-order valence-electron chi connectivity index (χ3n) is 4.33. The number of nitrogens with zero attached hydrogens (tertiary/aromatic N) is 1. The van der Waals surface area contributed by atoms with Gasteiger partial charge in [0.15, 0.2) is 17.6 Å². The van der Waals surface area contributed by atoms with Gasteiger partial charge in [-0.15, -0.1) is 0 Å². The van der Waals surface area contributed by atoms with Crippen LogP contribution >= 0.6 is 0 Å². The number of carboxylic acids is 1. The molecular weight excluding hydrogens is 300 g/mol. The topological polar surface area (TPSA) is 88.1 Å². The van der Waals surface area contributed by atoms with Crippen molar-refractivity contribution < 1.29 is 24.2 Å². The number of urea groups is 1. The maximum absolute atomic E-state index is 12.2. The lowest BCUT2D eigenvalue weighted by molar-refractivity contribution is -0.147. The highest BCUT2D eigenvalue weighted by molar-refractivity contribution is 5.79. The smallest absolute Gasteiger partial charge is 0.317 e. The summed E-state index contributed by atoms with van der Waals surface area (Å²) in [4.78, 5) is 24.9. The van der Waals surface area contributed by atoms with Crippen molar-refractivity contribution >= 4 is 12.0 Å². The average Bonchev–Trinajstić information content (AvgIpc) is 2.96. The molecule has 23 heavy (non-hydrogen) atoms. The minimum Gasteiger partial charge on any atom is -0.486 e. The minimum absolute atomic E-state index is 0.221. The molecule has 1 aromatic carbocycles. The molecule has 1 saturated heterocycles. The van der Waals surface area contributed by atoms with Crippen LogP contribution in [0, 0.1) is 5.41 Å². The van der Waals surface area contributed by atoms with Crippen molar-refractivity contribution in [2.75, 3.05) is 26.2 Å². The number of ether oxygens (including phenoxy) is 2. The number of carbonyl (C=O) groups is 2. The van der Waals surface area contributed by atoms with Crippen molar-refractivity contribution in [1.29, 1.82) is 0 Å². The number of carbonyl (C=O) groups excluding carboxylic acids is 1. The summed E-state index contributed by atoms with van der Waals surface area (Å²) in [6.07, 6.45) is 0.203. The maximum atomic E-state index is 12.2. The van der Waals surface area contributed by atoms with E-state index >= 15 is 0 Å². The largest absolute Gasteiger partial charge is 0.486 e. The number of likely N-dealkylation sites (tertiary alicyclic amines) is 1. The van der Waals surface area contributed by atoms with E-state index in [4.69, 9.17) is 9.47 Å². The third kappa shape index (κ3) is 3.18. The SMILES string of the molecule is CC1(C(=O)O)CCN(C(=O)NCC2COc3ccccc3O2)C1. The highest BCUT2D eigenvalue weighted by Crippen LogP contribution is 2.31. The number of nitrogens with one attached hydrogen (secondary N) is 1. The highest BCUT2D eigenvalue weighted by Gasteiger charge is 2.42. The van der Waals surface area contributed by atoms with Gasteiger partial charge in [0, 0.05) is 13.1 Å². The first-order valence-electron chi connectivity index (χ1n) is 7.63. The van der Waals surface area contributed by atoms with Gasteiger partial charge in [-0.25, -0.2) is 4.79 Å². The van der Waals surface area contributed by atoms with Crippen LogP contribution in [0.2, 0.25) is 0 Å². The molecule has 2 heterocycles. The van der Waals surface area contributed by atoms with E-state index in [1.54, 1.807) is 6.92 Å². The van der Waals surface area contributed by atoms with Gasteiger partial charge >= 0.3 is 12.0 Å². The molecule has 2 atom stereocenters. The molecule has 7 nitrogen and oxygen atoms in total. The second-order valence-electron chi connectivity index (χ2n) is 6.22. The quantitative estimate of drug-likeness (QED) is 0.877. The van der Waals surface area contributed by atoms with Gasteiger partial charge in [0.25, 0.3) is 0 Å². The number of rotatable bonds is 3. The molecule has 2 N–H and O–H groups in total. The van der Waals surface area contributed by atoms with Gasteiger partial charge in [-0.2, -0.15) is 0 Å². The van der Waals surface area contributed by atoms with E-state index in [2.05, 4.69) is 5.32 Å². The molecule has 2 amide bonds. The highest BCUT2D eigenvalue weighted by atomic mass is 16.6. The Hall–Kier alpha value is -2.44. The number of carboxylic acid groups (broad SMARTS) is 1. The summed E-state index contributed by atoms with van der Waals surface area (Å²) >= 11 is 0. The van der Waals surface area contributed by atoms with Crippen molar-refractivity contribution in [2.24, 2.45) is 5.41 Å². The lowest BCUT2D eigenvalue weighted by atomic mass is 9.90. The summed E-state index contributed by atoms with van der Waals surface area (Å²) in [6.45, 7) is 3.01. The summed E-state index contributed by atoms with van der Waals surface area (Å²) in [5.41, 5.74) is -0.860. The third-order valence-corrected chi connectivity index (χ3v) is 4.33. The van der Waals surface area contributed by atoms with E-state index in [9.17, 15) is 14.7 Å². The molecule has 2 aliphatic rings. The van der Waals surface area contributed by atoms with E-state index < -0.39 is 11.4 Å².